The summed E-state index contributed by atoms with van der Waals surface area (Å²) in [5.74, 6) is -0.191. The van der Waals surface area contributed by atoms with Gasteiger partial charge in [-0.25, -0.2) is 0 Å². The fraction of sp³-hybridized carbons (Fsp3) is 0.533. The average Bonchev–Trinajstić information content (AvgIpc) is 2.40. The van der Waals surface area contributed by atoms with E-state index < -0.39 is 0 Å². The summed E-state index contributed by atoms with van der Waals surface area (Å²) in [4.78, 5) is 13.3. The van der Waals surface area contributed by atoms with Crippen LogP contribution in [0.15, 0.2) is 30.3 Å². The summed E-state index contributed by atoms with van der Waals surface area (Å²) in [6.45, 7) is 2.11. The molecule has 3 heteroatoms. The number of benzene rings is 1. The van der Waals surface area contributed by atoms with E-state index in [2.05, 4.69) is 35.2 Å². The van der Waals surface area contributed by atoms with Crippen molar-refractivity contribution in [2.75, 3.05) is 13.1 Å². The Balaban J connectivity index is 1.95. The lowest BCUT2D eigenvalue weighted by Crippen LogP contribution is -2.34. The van der Waals surface area contributed by atoms with E-state index in [4.69, 9.17) is 5.73 Å². The zero-order chi connectivity index (χ0) is 12.8. The van der Waals surface area contributed by atoms with Crippen molar-refractivity contribution in [3.8, 4) is 0 Å². The van der Waals surface area contributed by atoms with Crippen molar-refractivity contribution in [1.82, 2.24) is 4.90 Å². The molecule has 98 valence electrons. The summed E-state index contributed by atoms with van der Waals surface area (Å²) in [7, 11) is 0. The average molecular weight is 246 g/mol. The van der Waals surface area contributed by atoms with Crippen molar-refractivity contribution < 1.29 is 4.79 Å². The monoisotopic (exact) mass is 246 g/mol. The predicted molar refractivity (Wildman–Crippen MR) is 73.0 cm³/mol. The maximum absolute atomic E-state index is 10.8. The normalized spacial score (nSPS) is 20.8. The van der Waals surface area contributed by atoms with Gasteiger partial charge in [-0.15, -0.1) is 0 Å². The molecule has 1 aliphatic heterocycles. The summed E-state index contributed by atoms with van der Waals surface area (Å²) in [6, 6.07) is 11.2. The number of piperidine rings is 1. The number of primary amides is 1. The fourth-order valence-corrected chi connectivity index (χ4v) is 2.77. The largest absolute Gasteiger partial charge is 0.370 e. The first kappa shape index (κ1) is 13.1. The van der Waals surface area contributed by atoms with Crippen LogP contribution in [0.4, 0.5) is 0 Å². The molecule has 0 spiro atoms. The third-order valence-corrected chi connectivity index (χ3v) is 3.67. The Bertz CT molecular complexity index is 377. The van der Waals surface area contributed by atoms with Crippen molar-refractivity contribution in [2.24, 2.45) is 5.73 Å². The van der Waals surface area contributed by atoms with Crippen LogP contribution in [0.2, 0.25) is 0 Å². The number of hydrogen-bond acceptors (Lipinski definition) is 2. The van der Waals surface area contributed by atoms with Crippen LogP contribution in [0.5, 0.6) is 0 Å². The Hall–Kier alpha value is -1.35. The van der Waals surface area contributed by atoms with E-state index >= 15 is 0 Å². The van der Waals surface area contributed by atoms with Crippen molar-refractivity contribution in [1.29, 1.82) is 0 Å². The highest BCUT2D eigenvalue weighted by molar-refractivity contribution is 5.73. The molecule has 0 radical (unpaired) electrons. The minimum Gasteiger partial charge on any atom is -0.370 e. The third kappa shape index (κ3) is 3.57. The highest BCUT2D eigenvalue weighted by Gasteiger charge is 2.23. The molecule has 0 bridgehead atoms. The summed E-state index contributed by atoms with van der Waals surface area (Å²) in [5, 5.41) is 0. The molecule has 1 atom stereocenters. The van der Waals surface area contributed by atoms with Crippen LogP contribution >= 0.6 is 0 Å². The first-order valence-electron chi connectivity index (χ1n) is 6.84. The topological polar surface area (TPSA) is 46.3 Å². The van der Waals surface area contributed by atoms with Crippen LogP contribution in [0.25, 0.3) is 0 Å². The lowest BCUT2D eigenvalue weighted by Gasteiger charge is -2.36. The first-order chi connectivity index (χ1) is 8.77. The van der Waals surface area contributed by atoms with Crippen LogP contribution in [-0.2, 0) is 4.79 Å². The van der Waals surface area contributed by atoms with E-state index in [9.17, 15) is 4.79 Å². The van der Waals surface area contributed by atoms with Crippen molar-refractivity contribution in [3.05, 3.63) is 35.9 Å². The molecule has 1 fully saturated rings. The molecule has 2 N–H and O–H groups in total. The molecule has 1 aliphatic rings. The summed E-state index contributed by atoms with van der Waals surface area (Å²) in [6.07, 6.45) is 5.16. The Morgan fingerprint density at radius 3 is 2.78 bits per heavy atom. The molecular weight excluding hydrogens is 224 g/mol. The van der Waals surface area contributed by atoms with E-state index in [1.807, 2.05) is 0 Å². The van der Waals surface area contributed by atoms with Gasteiger partial charge in [-0.3, -0.25) is 9.69 Å². The van der Waals surface area contributed by atoms with Gasteiger partial charge in [0.05, 0.1) is 0 Å². The number of carbonyl (C=O) groups excluding carboxylic acids is 1. The third-order valence-electron chi connectivity index (χ3n) is 3.67. The molecule has 2 rings (SSSR count). The van der Waals surface area contributed by atoms with Crippen LogP contribution < -0.4 is 5.73 Å². The maximum Gasteiger partial charge on any atom is 0.217 e. The minimum atomic E-state index is -0.191. The number of nitrogens with two attached hydrogens (primary N) is 1. The summed E-state index contributed by atoms with van der Waals surface area (Å²) in [5.41, 5.74) is 6.60. The molecule has 0 saturated carbocycles. The second kappa shape index (κ2) is 6.55. The number of carbonyl (C=O) groups is 1. The minimum absolute atomic E-state index is 0.191. The second-order valence-electron chi connectivity index (χ2n) is 5.03. The zero-order valence-electron chi connectivity index (χ0n) is 10.8. The van der Waals surface area contributed by atoms with Crippen LogP contribution in [0.1, 0.15) is 43.7 Å². The zero-order valence-corrected chi connectivity index (χ0v) is 10.8. The van der Waals surface area contributed by atoms with Crippen LogP contribution in [0.3, 0.4) is 0 Å². The van der Waals surface area contributed by atoms with Gasteiger partial charge in [0.1, 0.15) is 0 Å². The van der Waals surface area contributed by atoms with Gasteiger partial charge in [0.2, 0.25) is 5.91 Å². The summed E-state index contributed by atoms with van der Waals surface area (Å²) >= 11 is 0. The number of likely N-dealkylation sites (tertiary alicyclic amines) is 1. The standard InChI is InChI=1S/C15H22N2O/c16-15(18)10-6-12-17-11-5-4-9-14(17)13-7-2-1-3-8-13/h1-3,7-8,14H,4-6,9-12H2,(H2,16,18). The number of hydrogen-bond donors (Lipinski definition) is 1. The van der Waals surface area contributed by atoms with E-state index in [0.29, 0.717) is 12.5 Å². The molecule has 0 aromatic heterocycles. The number of nitrogens with zero attached hydrogens (tertiary/aromatic N) is 1. The molecule has 1 aromatic carbocycles. The Morgan fingerprint density at radius 2 is 2.06 bits per heavy atom. The van der Waals surface area contributed by atoms with E-state index in [1.165, 1.54) is 24.8 Å². The smallest absolute Gasteiger partial charge is 0.217 e. The van der Waals surface area contributed by atoms with E-state index in [0.717, 1.165) is 19.5 Å². The molecule has 1 amide bonds. The van der Waals surface area contributed by atoms with Crippen LogP contribution in [-0.4, -0.2) is 23.9 Å². The molecular formula is C15H22N2O. The Labute approximate surface area is 109 Å². The van der Waals surface area contributed by atoms with Gasteiger partial charge in [-0.05, 0) is 37.9 Å². The highest BCUT2D eigenvalue weighted by atomic mass is 16.1. The lowest BCUT2D eigenvalue weighted by molar-refractivity contribution is -0.118. The van der Waals surface area contributed by atoms with Gasteiger partial charge in [-0.2, -0.15) is 0 Å². The van der Waals surface area contributed by atoms with Gasteiger partial charge >= 0.3 is 0 Å². The summed E-state index contributed by atoms with van der Waals surface area (Å²) < 4.78 is 0. The van der Waals surface area contributed by atoms with E-state index in [-0.39, 0.29) is 5.91 Å². The predicted octanol–water partition coefficient (Wildman–Crippen LogP) is 2.48. The Kier molecular flexibility index (Phi) is 4.76. The Morgan fingerprint density at radius 1 is 1.28 bits per heavy atom. The van der Waals surface area contributed by atoms with Gasteiger partial charge in [0.15, 0.2) is 0 Å². The van der Waals surface area contributed by atoms with Gasteiger partial charge in [-0.1, -0.05) is 36.8 Å². The molecule has 0 aliphatic carbocycles. The second-order valence-corrected chi connectivity index (χ2v) is 5.03. The van der Waals surface area contributed by atoms with Crippen molar-refractivity contribution in [2.45, 2.75) is 38.1 Å². The van der Waals surface area contributed by atoms with Crippen LogP contribution in [0, 0.1) is 0 Å². The highest BCUT2D eigenvalue weighted by Crippen LogP contribution is 2.30. The van der Waals surface area contributed by atoms with Gasteiger partial charge in [0, 0.05) is 12.5 Å². The number of amides is 1. The van der Waals surface area contributed by atoms with Gasteiger partial charge < -0.3 is 5.73 Å². The molecule has 18 heavy (non-hydrogen) atoms. The lowest BCUT2D eigenvalue weighted by atomic mass is 9.95. The molecule has 1 heterocycles. The quantitative estimate of drug-likeness (QED) is 0.867. The first-order valence-corrected chi connectivity index (χ1v) is 6.84. The van der Waals surface area contributed by atoms with E-state index in [1.54, 1.807) is 0 Å². The molecule has 1 saturated heterocycles. The SMILES string of the molecule is NC(=O)CCCN1CCCCC1c1ccccc1. The van der Waals surface area contributed by atoms with Crippen molar-refractivity contribution in [3.63, 3.8) is 0 Å². The number of rotatable bonds is 5. The molecule has 1 unspecified atom stereocenters. The van der Waals surface area contributed by atoms with Crippen molar-refractivity contribution >= 4 is 5.91 Å². The maximum atomic E-state index is 10.8. The fourth-order valence-electron chi connectivity index (χ4n) is 2.77. The van der Waals surface area contributed by atoms with Gasteiger partial charge in [0.25, 0.3) is 0 Å². The molecule has 1 aromatic rings. The molecule has 3 nitrogen and oxygen atoms in total.